The fourth-order valence-electron chi connectivity index (χ4n) is 3.12. The van der Waals surface area contributed by atoms with Crippen LogP contribution in [0.3, 0.4) is 0 Å². The number of hydrogen-bond acceptors (Lipinski definition) is 4. The molecule has 23 heavy (non-hydrogen) atoms. The van der Waals surface area contributed by atoms with E-state index in [1.807, 2.05) is 12.3 Å². The molecule has 0 spiro atoms. The van der Waals surface area contributed by atoms with Gasteiger partial charge in [0.15, 0.2) is 0 Å². The molecule has 4 nitrogen and oxygen atoms in total. The average molecular weight is 310 g/mol. The molecule has 1 aliphatic carbocycles. The summed E-state index contributed by atoms with van der Waals surface area (Å²) in [5.41, 5.74) is 1.38. The summed E-state index contributed by atoms with van der Waals surface area (Å²) in [7, 11) is 0. The maximum absolute atomic E-state index is 4.58. The second-order valence-corrected chi connectivity index (χ2v) is 6.26. The van der Waals surface area contributed by atoms with Gasteiger partial charge in [0.1, 0.15) is 5.82 Å². The van der Waals surface area contributed by atoms with Crippen LogP contribution < -0.4 is 10.6 Å². The Labute approximate surface area is 138 Å². The maximum atomic E-state index is 4.58. The molecule has 1 aliphatic rings. The Morgan fingerprint density at radius 1 is 1.00 bits per heavy atom. The summed E-state index contributed by atoms with van der Waals surface area (Å²) >= 11 is 0. The first-order chi connectivity index (χ1) is 11.4. The van der Waals surface area contributed by atoms with Gasteiger partial charge in [0.25, 0.3) is 0 Å². The smallest absolute Gasteiger partial charge is 0.224 e. The highest BCUT2D eigenvalue weighted by molar-refractivity contribution is 5.40. The summed E-state index contributed by atoms with van der Waals surface area (Å²) in [5, 5.41) is 6.88. The van der Waals surface area contributed by atoms with Gasteiger partial charge in [0.05, 0.1) is 0 Å². The van der Waals surface area contributed by atoms with Crippen molar-refractivity contribution < 1.29 is 0 Å². The minimum atomic E-state index is 0.574. The molecule has 1 aromatic carbocycles. The SMILES string of the molecule is c1ccc(CCCNc2nccc(NC3CCCCC3)n2)cc1. The van der Waals surface area contributed by atoms with E-state index in [9.17, 15) is 0 Å². The number of rotatable bonds is 7. The summed E-state index contributed by atoms with van der Waals surface area (Å²) in [6, 6.07) is 13.1. The van der Waals surface area contributed by atoms with Crippen LogP contribution in [-0.4, -0.2) is 22.6 Å². The van der Waals surface area contributed by atoms with Gasteiger partial charge in [-0.1, -0.05) is 49.6 Å². The number of hydrogen-bond donors (Lipinski definition) is 2. The summed E-state index contributed by atoms with van der Waals surface area (Å²) in [4.78, 5) is 8.89. The van der Waals surface area contributed by atoms with Gasteiger partial charge in [-0.15, -0.1) is 0 Å². The predicted molar refractivity (Wildman–Crippen MR) is 95.8 cm³/mol. The molecule has 2 aromatic rings. The molecule has 4 heteroatoms. The molecule has 0 amide bonds. The van der Waals surface area contributed by atoms with Gasteiger partial charge in [0.2, 0.25) is 5.95 Å². The van der Waals surface area contributed by atoms with Crippen molar-refractivity contribution in [3.8, 4) is 0 Å². The quantitative estimate of drug-likeness (QED) is 0.750. The van der Waals surface area contributed by atoms with Crippen molar-refractivity contribution in [3.63, 3.8) is 0 Å². The Balaban J connectivity index is 1.43. The second kappa shape index (κ2) is 8.51. The Morgan fingerprint density at radius 3 is 2.65 bits per heavy atom. The second-order valence-electron chi connectivity index (χ2n) is 6.26. The van der Waals surface area contributed by atoms with Crippen LogP contribution in [0.15, 0.2) is 42.6 Å². The van der Waals surface area contributed by atoms with E-state index in [0.717, 1.165) is 31.2 Å². The molecule has 1 heterocycles. The first-order valence-corrected chi connectivity index (χ1v) is 8.77. The predicted octanol–water partition coefficient (Wildman–Crippen LogP) is 4.27. The molecular weight excluding hydrogens is 284 g/mol. The minimum absolute atomic E-state index is 0.574. The van der Waals surface area contributed by atoms with Gasteiger partial charge in [-0.05, 0) is 37.3 Å². The van der Waals surface area contributed by atoms with E-state index in [1.165, 1.54) is 37.7 Å². The van der Waals surface area contributed by atoms with Gasteiger partial charge in [-0.3, -0.25) is 0 Å². The summed E-state index contributed by atoms with van der Waals surface area (Å²) in [5.74, 6) is 1.66. The van der Waals surface area contributed by atoms with Crippen LogP contribution in [0.4, 0.5) is 11.8 Å². The monoisotopic (exact) mass is 310 g/mol. The zero-order valence-corrected chi connectivity index (χ0v) is 13.7. The largest absolute Gasteiger partial charge is 0.367 e. The highest BCUT2D eigenvalue weighted by atomic mass is 15.1. The Morgan fingerprint density at radius 2 is 1.83 bits per heavy atom. The Bertz CT molecular complexity index is 579. The molecule has 0 bridgehead atoms. The lowest BCUT2D eigenvalue weighted by Crippen LogP contribution is -2.23. The summed E-state index contributed by atoms with van der Waals surface area (Å²) in [6.07, 6.45) is 10.5. The van der Waals surface area contributed by atoms with E-state index in [2.05, 4.69) is 50.9 Å². The fourth-order valence-corrected chi connectivity index (χ4v) is 3.12. The highest BCUT2D eigenvalue weighted by Crippen LogP contribution is 2.20. The third-order valence-corrected chi connectivity index (χ3v) is 4.38. The molecule has 2 N–H and O–H groups in total. The van der Waals surface area contributed by atoms with Crippen molar-refractivity contribution in [3.05, 3.63) is 48.2 Å². The molecule has 0 atom stereocenters. The number of benzene rings is 1. The third kappa shape index (κ3) is 5.23. The van der Waals surface area contributed by atoms with Gasteiger partial charge in [-0.2, -0.15) is 4.98 Å². The molecule has 122 valence electrons. The van der Waals surface area contributed by atoms with Gasteiger partial charge < -0.3 is 10.6 Å². The van der Waals surface area contributed by atoms with Crippen molar-refractivity contribution in [2.75, 3.05) is 17.2 Å². The lowest BCUT2D eigenvalue weighted by Gasteiger charge is -2.23. The van der Waals surface area contributed by atoms with E-state index < -0.39 is 0 Å². The van der Waals surface area contributed by atoms with Crippen LogP contribution in [0.1, 0.15) is 44.1 Å². The molecule has 0 saturated heterocycles. The Hall–Kier alpha value is -2.10. The van der Waals surface area contributed by atoms with Crippen molar-refractivity contribution >= 4 is 11.8 Å². The van der Waals surface area contributed by atoms with Crippen molar-refractivity contribution in [1.82, 2.24) is 9.97 Å². The number of anilines is 2. The summed E-state index contributed by atoms with van der Waals surface area (Å²) < 4.78 is 0. The van der Waals surface area contributed by atoms with E-state index in [4.69, 9.17) is 0 Å². The molecule has 1 fully saturated rings. The molecule has 1 aromatic heterocycles. The van der Waals surface area contributed by atoms with E-state index >= 15 is 0 Å². The van der Waals surface area contributed by atoms with Crippen molar-refractivity contribution in [2.45, 2.75) is 51.0 Å². The first-order valence-electron chi connectivity index (χ1n) is 8.77. The van der Waals surface area contributed by atoms with Crippen molar-refractivity contribution in [1.29, 1.82) is 0 Å². The molecule has 3 rings (SSSR count). The van der Waals surface area contributed by atoms with Crippen LogP contribution >= 0.6 is 0 Å². The normalized spacial score (nSPS) is 15.3. The van der Waals surface area contributed by atoms with Crippen LogP contribution in [0.5, 0.6) is 0 Å². The topological polar surface area (TPSA) is 49.8 Å². The van der Waals surface area contributed by atoms with Crippen LogP contribution in [-0.2, 0) is 6.42 Å². The number of nitrogens with one attached hydrogen (secondary N) is 2. The third-order valence-electron chi connectivity index (χ3n) is 4.38. The summed E-state index contributed by atoms with van der Waals surface area (Å²) in [6.45, 7) is 0.891. The molecular formula is C19H26N4. The highest BCUT2D eigenvalue weighted by Gasteiger charge is 2.13. The molecule has 1 saturated carbocycles. The lowest BCUT2D eigenvalue weighted by molar-refractivity contribution is 0.462. The van der Waals surface area contributed by atoms with Gasteiger partial charge in [0, 0.05) is 18.8 Å². The van der Waals surface area contributed by atoms with E-state index in [0.29, 0.717) is 6.04 Å². The zero-order valence-electron chi connectivity index (χ0n) is 13.7. The number of aryl methyl sites for hydroxylation is 1. The zero-order chi connectivity index (χ0) is 15.7. The fraction of sp³-hybridized carbons (Fsp3) is 0.474. The maximum Gasteiger partial charge on any atom is 0.224 e. The standard InChI is InChI=1S/C19H26N4/c1-3-8-16(9-4-1)10-7-14-20-19-21-15-13-18(23-19)22-17-11-5-2-6-12-17/h1,3-4,8-9,13,15,17H,2,5-7,10-12,14H2,(H2,20,21,22,23). The van der Waals surface area contributed by atoms with Crippen LogP contribution in [0.2, 0.25) is 0 Å². The first kappa shape index (κ1) is 15.8. The van der Waals surface area contributed by atoms with Gasteiger partial charge in [-0.25, -0.2) is 4.98 Å². The average Bonchev–Trinajstić information content (AvgIpc) is 2.61. The molecule has 0 aliphatic heterocycles. The van der Waals surface area contributed by atoms with Gasteiger partial charge >= 0.3 is 0 Å². The van der Waals surface area contributed by atoms with Crippen LogP contribution in [0, 0.1) is 0 Å². The number of aromatic nitrogens is 2. The molecule has 0 radical (unpaired) electrons. The van der Waals surface area contributed by atoms with Crippen LogP contribution in [0.25, 0.3) is 0 Å². The minimum Gasteiger partial charge on any atom is -0.367 e. The van der Waals surface area contributed by atoms with Crippen molar-refractivity contribution in [2.24, 2.45) is 0 Å². The van der Waals surface area contributed by atoms with E-state index in [-0.39, 0.29) is 0 Å². The Kier molecular flexibility index (Phi) is 5.84. The van der Waals surface area contributed by atoms with E-state index in [1.54, 1.807) is 0 Å². The lowest BCUT2D eigenvalue weighted by atomic mass is 9.95. The molecule has 0 unspecified atom stereocenters. The number of nitrogens with zero attached hydrogens (tertiary/aromatic N) is 2.